The third kappa shape index (κ3) is 7.71. The number of rotatable bonds is 10. The minimum Gasteiger partial charge on any atom is -0.493 e. The summed E-state index contributed by atoms with van der Waals surface area (Å²) in [4.78, 5) is 24.4. The van der Waals surface area contributed by atoms with Crippen molar-refractivity contribution in [3.63, 3.8) is 0 Å². The minimum absolute atomic E-state index is 0.208. The molecular weight excluding hydrogens is 569 g/mol. The van der Waals surface area contributed by atoms with E-state index in [-0.39, 0.29) is 13.0 Å². The average molecular weight is 593 g/mol. The fourth-order valence-electron chi connectivity index (χ4n) is 3.25. The average Bonchev–Trinajstić information content (AvgIpc) is 2.84. The zero-order chi connectivity index (χ0) is 26.1. The van der Waals surface area contributed by atoms with Gasteiger partial charge in [-0.3, -0.25) is 9.59 Å². The SMILES string of the molecule is CCc1ccccc1NC(=O)CC(=O)NN=Cc1cc(Br)c(OCc2ccc(Cl)cc2Cl)c(OC)c1. The van der Waals surface area contributed by atoms with E-state index in [0.29, 0.717) is 37.3 Å². The number of nitrogens with one attached hydrogen (secondary N) is 2. The molecule has 3 rings (SSSR count). The third-order valence-corrected chi connectivity index (χ3v) is 6.21. The molecule has 0 heterocycles. The van der Waals surface area contributed by atoms with E-state index in [1.54, 1.807) is 36.4 Å². The highest BCUT2D eigenvalue weighted by Gasteiger charge is 2.14. The molecule has 0 aliphatic carbocycles. The Balaban J connectivity index is 1.58. The summed E-state index contributed by atoms with van der Waals surface area (Å²) in [6, 6.07) is 16.1. The van der Waals surface area contributed by atoms with Crippen LogP contribution in [0.25, 0.3) is 0 Å². The highest BCUT2D eigenvalue weighted by molar-refractivity contribution is 9.10. The van der Waals surface area contributed by atoms with Crippen molar-refractivity contribution in [2.75, 3.05) is 12.4 Å². The lowest BCUT2D eigenvalue weighted by Crippen LogP contribution is -2.25. The van der Waals surface area contributed by atoms with Gasteiger partial charge in [0.05, 0.1) is 17.8 Å². The number of hydrogen-bond acceptors (Lipinski definition) is 5. The smallest absolute Gasteiger partial charge is 0.249 e. The quantitative estimate of drug-likeness (QED) is 0.162. The predicted octanol–water partition coefficient (Wildman–Crippen LogP) is 6.38. The maximum absolute atomic E-state index is 12.2. The predicted molar refractivity (Wildman–Crippen MR) is 146 cm³/mol. The Morgan fingerprint density at radius 2 is 1.83 bits per heavy atom. The number of amides is 2. The molecule has 3 aromatic rings. The van der Waals surface area contributed by atoms with Gasteiger partial charge in [0.25, 0.3) is 0 Å². The van der Waals surface area contributed by atoms with Crippen molar-refractivity contribution in [2.24, 2.45) is 5.10 Å². The first-order valence-corrected chi connectivity index (χ1v) is 12.5. The molecule has 0 saturated heterocycles. The van der Waals surface area contributed by atoms with E-state index in [1.165, 1.54) is 13.3 Å². The second-order valence-corrected chi connectivity index (χ2v) is 9.29. The number of hydrazone groups is 1. The number of carbonyl (C=O) groups is 2. The van der Waals surface area contributed by atoms with Crippen molar-refractivity contribution < 1.29 is 19.1 Å². The topological polar surface area (TPSA) is 89.0 Å². The molecule has 0 aliphatic heterocycles. The summed E-state index contributed by atoms with van der Waals surface area (Å²) < 4.78 is 12.0. The molecule has 0 unspecified atom stereocenters. The van der Waals surface area contributed by atoms with Crippen molar-refractivity contribution >= 4 is 62.8 Å². The molecule has 0 aliphatic rings. The number of anilines is 1. The normalized spacial score (nSPS) is 10.8. The molecule has 10 heteroatoms. The standard InChI is InChI=1S/C26H24BrCl2N3O4/c1-3-17-6-4-5-7-22(17)31-24(33)13-25(34)32-30-14-16-10-20(27)26(23(11-16)35-2)36-15-18-8-9-19(28)12-21(18)29/h4-12,14H,3,13,15H2,1-2H3,(H,31,33)(H,32,34). The van der Waals surface area contributed by atoms with Gasteiger partial charge < -0.3 is 14.8 Å². The van der Waals surface area contributed by atoms with Gasteiger partial charge in [-0.25, -0.2) is 5.43 Å². The van der Waals surface area contributed by atoms with Crippen LogP contribution in [0.15, 0.2) is 64.2 Å². The maximum Gasteiger partial charge on any atom is 0.249 e. The summed E-state index contributed by atoms with van der Waals surface area (Å²) in [6.45, 7) is 2.20. The van der Waals surface area contributed by atoms with E-state index in [4.69, 9.17) is 32.7 Å². The van der Waals surface area contributed by atoms with Crippen LogP contribution in [0.5, 0.6) is 11.5 Å². The van der Waals surface area contributed by atoms with Gasteiger partial charge in [-0.05, 0) is 63.8 Å². The van der Waals surface area contributed by atoms with Gasteiger partial charge in [0.1, 0.15) is 13.0 Å². The number of ether oxygens (including phenoxy) is 2. The van der Waals surface area contributed by atoms with Gasteiger partial charge in [-0.2, -0.15) is 5.10 Å². The lowest BCUT2D eigenvalue weighted by molar-refractivity contribution is -0.126. The van der Waals surface area contributed by atoms with Crippen LogP contribution in [0.4, 0.5) is 5.69 Å². The lowest BCUT2D eigenvalue weighted by Gasteiger charge is -2.14. The Bertz CT molecular complexity index is 1280. The van der Waals surface area contributed by atoms with E-state index >= 15 is 0 Å². The summed E-state index contributed by atoms with van der Waals surface area (Å²) in [6.07, 6.45) is 1.85. The maximum atomic E-state index is 12.2. The molecule has 188 valence electrons. The van der Waals surface area contributed by atoms with Crippen molar-refractivity contribution in [3.05, 3.63) is 85.8 Å². The Kier molecular flexibility index (Phi) is 10.2. The van der Waals surface area contributed by atoms with E-state index in [9.17, 15) is 9.59 Å². The number of nitrogens with zero attached hydrogens (tertiary/aromatic N) is 1. The molecule has 0 saturated carbocycles. The zero-order valence-corrected chi connectivity index (χ0v) is 22.7. The monoisotopic (exact) mass is 591 g/mol. The van der Waals surface area contributed by atoms with Crippen LogP contribution in [0.1, 0.15) is 30.0 Å². The van der Waals surface area contributed by atoms with Gasteiger partial charge in [0.2, 0.25) is 11.8 Å². The van der Waals surface area contributed by atoms with Crippen LogP contribution in [0.3, 0.4) is 0 Å². The largest absolute Gasteiger partial charge is 0.493 e. The van der Waals surface area contributed by atoms with Gasteiger partial charge >= 0.3 is 0 Å². The van der Waals surface area contributed by atoms with Crippen LogP contribution in [-0.4, -0.2) is 25.1 Å². The zero-order valence-electron chi connectivity index (χ0n) is 19.6. The highest BCUT2D eigenvalue weighted by atomic mass is 79.9. The Morgan fingerprint density at radius 1 is 1.06 bits per heavy atom. The molecule has 0 spiro atoms. The molecule has 0 fully saturated rings. The van der Waals surface area contributed by atoms with Crippen molar-refractivity contribution in [1.29, 1.82) is 0 Å². The number of methoxy groups -OCH3 is 1. The lowest BCUT2D eigenvalue weighted by atomic mass is 10.1. The number of aryl methyl sites for hydroxylation is 1. The molecule has 0 atom stereocenters. The first-order chi connectivity index (χ1) is 17.3. The molecule has 3 aromatic carbocycles. The first kappa shape index (κ1) is 27.5. The fraction of sp³-hybridized carbons (Fsp3) is 0.192. The molecule has 2 N–H and O–H groups in total. The Labute approximate surface area is 227 Å². The summed E-state index contributed by atoms with van der Waals surface area (Å²) >= 11 is 15.6. The minimum atomic E-state index is -0.538. The highest BCUT2D eigenvalue weighted by Crippen LogP contribution is 2.37. The van der Waals surface area contributed by atoms with E-state index in [2.05, 4.69) is 31.8 Å². The van der Waals surface area contributed by atoms with Gasteiger partial charge in [0.15, 0.2) is 11.5 Å². The second kappa shape index (κ2) is 13.3. The van der Waals surface area contributed by atoms with Gasteiger partial charge in [-0.1, -0.05) is 54.4 Å². The number of benzene rings is 3. The molecular formula is C26H24BrCl2N3O4. The van der Waals surface area contributed by atoms with E-state index in [0.717, 1.165) is 17.5 Å². The number of carbonyl (C=O) groups excluding carboxylic acids is 2. The number of para-hydroxylation sites is 1. The van der Waals surface area contributed by atoms with Crippen molar-refractivity contribution in [3.8, 4) is 11.5 Å². The molecule has 0 radical (unpaired) electrons. The third-order valence-electron chi connectivity index (χ3n) is 5.04. The molecule has 2 amide bonds. The van der Waals surface area contributed by atoms with Crippen LogP contribution in [0, 0.1) is 0 Å². The first-order valence-electron chi connectivity index (χ1n) is 10.9. The number of halogens is 3. The molecule has 0 bridgehead atoms. The van der Waals surface area contributed by atoms with Gasteiger partial charge in [-0.15, -0.1) is 0 Å². The van der Waals surface area contributed by atoms with Crippen LogP contribution >= 0.6 is 39.1 Å². The summed E-state index contributed by atoms with van der Waals surface area (Å²) in [5.74, 6) is -0.0243. The van der Waals surface area contributed by atoms with Gasteiger partial charge in [0, 0.05) is 21.3 Å². The molecule has 36 heavy (non-hydrogen) atoms. The van der Waals surface area contributed by atoms with Crippen LogP contribution in [0.2, 0.25) is 10.0 Å². The summed E-state index contributed by atoms with van der Waals surface area (Å²) in [7, 11) is 1.52. The summed E-state index contributed by atoms with van der Waals surface area (Å²) in [5.41, 5.74) is 5.45. The van der Waals surface area contributed by atoms with Crippen LogP contribution in [-0.2, 0) is 22.6 Å². The summed E-state index contributed by atoms with van der Waals surface area (Å²) in [5, 5.41) is 7.74. The second-order valence-electron chi connectivity index (χ2n) is 7.59. The Morgan fingerprint density at radius 3 is 2.56 bits per heavy atom. The van der Waals surface area contributed by atoms with Crippen molar-refractivity contribution in [1.82, 2.24) is 5.43 Å². The van der Waals surface area contributed by atoms with Crippen molar-refractivity contribution in [2.45, 2.75) is 26.4 Å². The molecule has 0 aromatic heterocycles. The van der Waals surface area contributed by atoms with Crippen LogP contribution < -0.4 is 20.2 Å². The van der Waals surface area contributed by atoms with E-state index in [1.807, 2.05) is 25.1 Å². The Hall–Kier alpha value is -3.07. The fourth-order valence-corrected chi connectivity index (χ4v) is 4.29. The number of hydrogen-bond donors (Lipinski definition) is 2. The molecule has 7 nitrogen and oxygen atoms in total. The van der Waals surface area contributed by atoms with E-state index < -0.39 is 11.8 Å².